The van der Waals surface area contributed by atoms with E-state index in [1.54, 1.807) is 0 Å². The molecule has 0 bridgehead atoms. The first kappa shape index (κ1) is 20.6. The summed E-state index contributed by atoms with van der Waals surface area (Å²) in [7, 11) is -3.47. The van der Waals surface area contributed by atoms with Crippen molar-refractivity contribution in [3.05, 3.63) is 53.3 Å². The Bertz CT molecular complexity index is 915. The van der Waals surface area contributed by atoms with Crippen LogP contribution in [0.4, 0.5) is 0 Å². The molecule has 1 aromatic carbocycles. The largest absolute Gasteiger partial charge is 0.440 e. The Morgan fingerprint density at radius 2 is 1.68 bits per heavy atom. The second-order valence-corrected chi connectivity index (χ2v) is 9.00. The van der Waals surface area contributed by atoms with E-state index in [-0.39, 0.29) is 10.9 Å². The number of benzene rings is 1. The molecule has 1 aromatic heterocycles. The first-order chi connectivity index (χ1) is 13.4. The summed E-state index contributed by atoms with van der Waals surface area (Å²) in [5.41, 5.74) is 2.23. The number of sulfone groups is 1. The normalized spacial score (nSPS) is 16.2. The van der Waals surface area contributed by atoms with Crippen LogP contribution in [0.15, 0.2) is 45.9 Å². The number of rotatable bonds is 7. The number of carbonyl (C=O) groups is 1. The summed E-state index contributed by atoms with van der Waals surface area (Å²) in [6.07, 6.45) is 1.05. The SMILES string of the molecule is CCN1CCN(Cc2ccccc2CNC(=O)c2ccc(S(C)(=O)=O)o2)CC1. The van der Waals surface area contributed by atoms with Crippen LogP contribution in [0.25, 0.3) is 0 Å². The predicted octanol–water partition coefficient (Wildman–Crippen LogP) is 1.75. The molecular weight excluding hydrogens is 378 g/mol. The molecule has 1 aliphatic heterocycles. The topological polar surface area (TPSA) is 82.9 Å². The van der Waals surface area contributed by atoms with E-state index in [0.29, 0.717) is 6.54 Å². The fourth-order valence-corrected chi connectivity index (χ4v) is 3.85. The Balaban J connectivity index is 1.60. The molecule has 1 N–H and O–H groups in total. The molecule has 2 aromatic rings. The van der Waals surface area contributed by atoms with Crippen molar-refractivity contribution in [2.24, 2.45) is 0 Å². The van der Waals surface area contributed by atoms with Crippen LogP contribution in [0.3, 0.4) is 0 Å². The summed E-state index contributed by atoms with van der Waals surface area (Å²) < 4.78 is 28.1. The van der Waals surface area contributed by atoms with Gasteiger partial charge in [0.2, 0.25) is 14.9 Å². The number of furan rings is 1. The molecule has 7 nitrogen and oxygen atoms in total. The average Bonchev–Trinajstić information content (AvgIpc) is 3.18. The number of hydrogen-bond acceptors (Lipinski definition) is 6. The smallest absolute Gasteiger partial charge is 0.287 e. The molecule has 0 atom stereocenters. The fraction of sp³-hybridized carbons (Fsp3) is 0.450. The highest BCUT2D eigenvalue weighted by atomic mass is 32.2. The van der Waals surface area contributed by atoms with Gasteiger partial charge in [0.15, 0.2) is 5.76 Å². The van der Waals surface area contributed by atoms with Crippen molar-refractivity contribution >= 4 is 15.7 Å². The Labute approximate surface area is 166 Å². The first-order valence-corrected chi connectivity index (χ1v) is 11.4. The van der Waals surface area contributed by atoms with Gasteiger partial charge in [0.05, 0.1) is 0 Å². The Morgan fingerprint density at radius 1 is 1.04 bits per heavy atom. The lowest BCUT2D eigenvalue weighted by molar-refractivity contribution is 0.0917. The van der Waals surface area contributed by atoms with Crippen molar-refractivity contribution in [1.82, 2.24) is 15.1 Å². The molecule has 8 heteroatoms. The highest BCUT2D eigenvalue weighted by molar-refractivity contribution is 7.90. The summed E-state index contributed by atoms with van der Waals surface area (Å²) in [6, 6.07) is 10.7. The zero-order valence-corrected chi connectivity index (χ0v) is 17.2. The highest BCUT2D eigenvalue weighted by Crippen LogP contribution is 2.16. The number of nitrogens with one attached hydrogen (secondary N) is 1. The second kappa shape index (κ2) is 8.89. The highest BCUT2D eigenvalue weighted by Gasteiger charge is 2.18. The molecule has 2 heterocycles. The maximum Gasteiger partial charge on any atom is 0.287 e. The van der Waals surface area contributed by atoms with E-state index in [1.807, 2.05) is 18.2 Å². The summed E-state index contributed by atoms with van der Waals surface area (Å²) in [4.78, 5) is 17.2. The van der Waals surface area contributed by atoms with Gasteiger partial charge in [-0.1, -0.05) is 31.2 Å². The summed E-state index contributed by atoms with van der Waals surface area (Å²) in [5, 5.41) is 2.62. The standard InChI is InChI=1S/C20H27N3O4S/c1-3-22-10-12-23(13-11-22)15-17-7-5-4-6-16(17)14-21-20(24)18-8-9-19(27-18)28(2,25)26/h4-9H,3,10-15H2,1-2H3,(H,21,24). The van der Waals surface area contributed by atoms with Crippen molar-refractivity contribution in [3.63, 3.8) is 0 Å². The molecule has 1 amide bonds. The van der Waals surface area contributed by atoms with Crippen molar-refractivity contribution in [2.75, 3.05) is 39.0 Å². The molecule has 28 heavy (non-hydrogen) atoms. The van der Waals surface area contributed by atoms with Crippen LogP contribution in [-0.2, 0) is 22.9 Å². The van der Waals surface area contributed by atoms with E-state index < -0.39 is 15.7 Å². The number of likely N-dealkylation sites (N-methyl/N-ethyl adjacent to an activating group) is 1. The monoisotopic (exact) mass is 405 g/mol. The molecule has 0 unspecified atom stereocenters. The molecule has 1 fully saturated rings. The van der Waals surface area contributed by atoms with Gasteiger partial charge in [-0.25, -0.2) is 8.42 Å². The molecule has 1 saturated heterocycles. The van der Waals surface area contributed by atoms with Gasteiger partial charge in [0.25, 0.3) is 5.91 Å². The quantitative estimate of drug-likeness (QED) is 0.756. The van der Waals surface area contributed by atoms with Crippen molar-refractivity contribution in [3.8, 4) is 0 Å². The molecular formula is C20H27N3O4S. The lowest BCUT2D eigenvalue weighted by Gasteiger charge is -2.34. The number of piperazine rings is 1. The molecule has 0 spiro atoms. The molecule has 152 valence electrons. The second-order valence-electron chi connectivity index (χ2n) is 7.05. The fourth-order valence-electron chi connectivity index (χ4n) is 3.29. The minimum Gasteiger partial charge on any atom is -0.440 e. The Kier molecular flexibility index (Phi) is 6.53. The minimum atomic E-state index is -3.47. The lowest BCUT2D eigenvalue weighted by Crippen LogP contribution is -2.45. The first-order valence-electron chi connectivity index (χ1n) is 9.46. The number of hydrogen-bond donors (Lipinski definition) is 1. The van der Waals surface area contributed by atoms with E-state index in [4.69, 9.17) is 4.42 Å². The van der Waals surface area contributed by atoms with Crippen LogP contribution in [0.1, 0.15) is 28.6 Å². The molecule has 0 saturated carbocycles. The van der Waals surface area contributed by atoms with Crippen LogP contribution in [0.5, 0.6) is 0 Å². The van der Waals surface area contributed by atoms with Gasteiger partial charge in [-0.15, -0.1) is 0 Å². The van der Waals surface area contributed by atoms with Gasteiger partial charge in [-0.2, -0.15) is 0 Å². The predicted molar refractivity (Wildman–Crippen MR) is 107 cm³/mol. The lowest BCUT2D eigenvalue weighted by atomic mass is 10.1. The van der Waals surface area contributed by atoms with Crippen molar-refractivity contribution in [1.29, 1.82) is 0 Å². The third kappa shape index (κ3) is 5.21. The van der Waals surface area contributed by atoms with Gasteiger partial charge in [-0.3, -0.25) is 9.69 Å². The van der Waals surface area contributed by atoms with Gasteiger partial charge in [0.1, 0.15) is 0 Å². The zero-order chi connectivity index (χ0) is 20.1. The van der Waals surface area contributed by atoms with Crippen molar-refractivity contribution < 1.29 is 17.6 Å². The van der Waals surface area contributed by atoms with Gasteiger partial charge in [0, 0.05) is 45.5 Å². The molecule has 1 aliphatic rings. The van der Waals surface area contributed by atoms with Gasteiger partial charge < -0.3 is 14.6 Å². The van der Waals surface area contributed by atoms with Crippen LogP contribution >= 0.6 is 0 Å². The maximum absolute atomic E-state index is 12.3. The van der Waals surface area contributed by atoms with E-state index >= 15 is 0 Å². The minimum absolute atomic E-state index is 0.00593. The number of amides is 1. The number of carbonyl (C=O) groups excluding carboxylic acids is 1. The molecule has 0 aliphatic carbocycles. The third-order valence-electron chi connectivity index (χ3n) is 5.03. The summed E-state index contributed by atoms with van der Waals surface area (Å²) >= 11 is 0. The van der Waals surface area contributed by atoms with Crippen LogP contribution in [0.2, 0.25) is 0 Å². The average molecular weight is 406 g/mol. The Hall–Kier alpha value is -2.16. The third-order valence-corrected chi connectivity index (χ3v) is 5.98. The van der Waals surface area contributed by atoms with Crippen LogP contribution < -0.4 is 5.32 Å². The summed E-state index contributed by atoms with van der Waals surface area (Å²) in [5.74, 6) is -0.435. The van der Waals surface area contributed by atoms with Gasteiger partial charge in [-0.05, 0) is 29.8 Å². The molecule has 3 rings (SSSR count). The van der Waals surface area contributed by atoms with Gasteiger partial charge >= 0.3 is 0 Å². The van der Waals surface area contributed by atoms with Crippen LogP contribution in [0, 0.1) is 0 Å². The van der Waals surface area contributed by atoms with Crippen LogP contribution in [-0.4, -0.2) is 63.1 Å². The maximum atomic E-state index is 12.3. The summed E-state index contributed by atoms with van der Waals surface area (Å²) in [6.45, 7) is 8.72. The van der Waals surface area contributed by atoms with E-state index in [2.05, 4.69) is 28.1 Å². The van der Waals surface area contributed by atoms with E-state index in [9.17, 15) is 13.2 Å². The van der Waals surface area contributed by atoms with E-state index in [1.165, 1.54) is 17.7 Å². The van der Waals surface area contributed by atoms with Crippen molar-refractivity contribution in [2.45, 2.75) is 25.1 Å². The molecule has 0 radical (unpaired) electrons. The van der Waals surface area contributed by atoms with E-state index in [0.717, 1.165) is 51.1 Å². The number of nitrogens with zero attached hydrogens (tertiary/aromatic N) is 2. The zero-order valence-electron chi connectivity index (χ0n) is 16.3. The Morgan fingerprint density at radius 3 is 2.29 bits per heavy atom.